The van der Waals surface area contributed by atoms with Gasteiger partial charge in [-0.2, -0.15) is 5.10 Å². The predicted molar refractivity (Wildman–Crippen MR) is 149 cm³/mol. The van der Waals surface area contributed by atoms with Gasteiger partial charge >= 0.3 is 6.03 Å². The molecule has 0 unspecified atom stereocenters. The lowest BCUT2D eigenvalue weighted by molar-refractivity contribution is 0.0548. The van der Waals surface area contributed by atoms with Crippen molar-refractivity contribution in [1.29, 1.82) is 0 Å². The van der Waals surface area contributed by atoms with Gasteiger partial charge in [-0.1, -0.05) is 29.8 Å². The van der Waals surface area contributed by atoms with Crippen molar-refractivity contribution in [1.82, 2.24) is 10.3 Å². The van der Waals surface area contributed by atoms with Gasteiger partial charge in [0, 0.05) is 48.3 Å². The van der Waals surface area contributed by atoms with Crippen LogP contribution in [0.2, 0.25) is 5.02 Å². The summed E-state index contributed by atoms with van der Waals surface area (Å²) in [5, 5.41) is 7.54. The van der Waals surface area contributed by atoms with Crippen LogP contribution in [0.4, 0.5) is 16.2 Å². The van der Waals surface area contributed by atoms with Crippen molar-refractivity contribution in [3.05, 3.63) is 76.0 Å². The van der Waals surface area contributed by atoms with Gasteiger partial charge in [0.05, 0.1) is 19.4 Å². The molecule has 0 radical (unpaired) electrons. The molecule has 4 rings (SSSR count). The summed E-state index contributed by atoms with van der Waals surface area (Å²) in [5.74, 6) is 0. The van der Waals surface area contributed by atoms with E-state index in [2.05, 4.69) is 69.8 Å². The summed E-state index contributed by atoms with van der Waals surface area (Å²) >= 11 is 5.99. The number of hydrazone groups is 1. The average Bonchev–Trinajstić information content (AvgIpc) is 3.28. The number of hydrogen-bond donors (Lipinski definition) is 2. The molecule has 2 aliphatic rings. The average molecular weight is 508 g/mol. The van der Waals surface area contributed by atoms with Crippen molar-refractivity contribution in [3.63, 3.8) is 0 Å². The monoisotopic (exact) mass is 507 g/mol. The zero-order chi connectivity index (χ0) is 25.3. The third-order valence-corrected chi connectivity index (χ3v) is 6.67. The second kappa shape index (κ2) is 12.6. The Morgan fingerprint density at radius 2 is 1.86 bits per heavy atom. The fraction of sp³-hybridized carbons (Fsp3) is 0.357. The molecule has 0 atom stereocenters. The molecule has 2 aromatic carbocycles. The standard InChI is InChI=1S/C28H34ClN5O2/c1-3-33(4-2)26-12-8-21(9-13-26)18-22-10-11-23(27(22)34-14-16-36-17-15-34)20-30-32-28(35)31-25-7-5-6-24(29)19-25/h5-9,12-13,18-20H,3-4,10-11,14-17H2,1-2H3,(H2,31,32,35)/b22-18-,30-20?. The minimum Gasteiger partial charge on any atom is -0.378 e. The number of anilines is 2. The van der Waals surface area contributed by atoms with E-state index >= 15 is 0 Å². The number of nitrogens with zero attached hydrogens (tertiary/aromatic N) is 3. The fourth-order valence-corrected chi connectivity index (χ4v) is 4.83. The number of amides is 2. The van der Waals surface area contributed by atoms with Crippen LogP contribution in [0, 0.1) is 0 Å². The molecule has 1 aliphatic heterocycles. The lowest BCUT2D eigenvalue weighted by Crippen LogP contribution is -2.36. The smallest absolute Gasteiger partial charge is 0.339 e. The summed E-state index contributed by atoms with van der Waals surface area (Å²) in [6, 6.07) is 15.3. The van der Waals surface area contributed by atoms with Crippen molar-refractivity contribution in [2.45, 2.75) is 26.7 Å². The van der Waals surface area contributed by atoms with Gasteiger partial charge in [0.15, 0.2) is 0 Å². The normalized spacial score (nSPS) is 17.2. The lowest BCUT2D eigenvalue weighted by Gasteiger charge is -2.31. The highest BCUT2D eigenvalue weighted by Gasteiger charge is 2.25. The maximum absolute atomic E-state index is 12.3. The van der Waals surface area contributed by atoms with Gasteiger partial charge in [0.25, 0.3) is 0 Å². The van der Waals surface area contributed by atoms with Crippen LogP contribution in [0.5, 0.6) is 0 Å². The predicted octanol–water partition coefficient (Wildman–Crippen LogP) is 5.76. The molecule has 1 aliphatic carbocycles. The van der Waals surface area contributed by atoms with Gasteiger partial charge in [0.1, 0.15) is 0 Å². The molecule has 2 amide bonds. The molecule has 36 heavy (non-hydrogen) atoms. The van der Waals surface area contributed by atoms with E-state index < -0.39 is 6.03 Å². The Morgan fingerprint density at radius 3 is 2.56 bits per heavy atom. The molecule has 2 aromatic rings. The van der Waals surface area contributed by atoms with Crippen LogP contribution in [0.1, 0.15) is 32.3 Å². The number of benzene rings is 2. The van der Waals surface area contributed by atoms with E-state index in [0.717, 1.165) is 44.6 Å². The van der Waals surface area contributed by atoms with E-state index in [4.69, 9.17) is 16.3 Å². The Kier molecular flexibility index (Phi) is 9.03. The Morgan fingerprint density at radius 1 is 1.11 bits per heavy atom. The summed E-state index contributed by atoms with van der Waals surface area (Å²) in [6.07, 6.45) is 5.85. The molecular formula is C28H34ClN5O2. The van der Waals surface area contributed by atoms with Crippen molar-refractivity contribution in [3.8, 4) is 0 Å². The first-order valence-electron chi connectivity index (χ1n) is 12.5. The number of hydrogen-bond acceptors (Lipinski definition) is 5. The van der Waals surface area contributed by atoms with Crippen LogP contribution in [0.15, 0.2) is 70.5 Å². The van der Waals surface area contributed by atoms with Gasteiger partial charge in [0.2, 0.25) is 0 Å². The fourth-order valence-electron chi connectivity index (χ4n) is 4.64. The van der Waals surface area contributed by atoms with E-state index in [0.29, 0.717) is 23.9 Å². The largest absolute Gasteiger partial charge is 0.378 e. The van der Waals surface area contributed by atoms with Crippen LogP contribution in [-0.4, -0.2) is 56.5 Å². The number of morpholine rings is 1. The number of nitrogens with one attached hydrogen (secondary N) is 2. The van der Waals surface area contributed by atoms with Crippen LogP contribution in [-0.2, 0) is 4.74 Å². The van der Waals surface area contributed by atoms with Crippen molar-refractivity contribution in [2.75, 3.05) is 49.6 Å². The third kappa shape index (κ3) is 6.68. The number of carbonyl (C=O) groups excluding carboxylic acids is 1. The molecule has 0 aromatic heterocycles. The molecule has 0 spiro atoms. The molecule has 0 bridgehead atoms. The van der Waals surface area contributed by atoms with Crippen LogP contribution in [0.3, 0.4) is 0 Å². The highest BCUT2D eigenvalue weighted by molar-refractivity contribution is 6.30. The van der Waals surface area contributed by atoms with E-state index in [-0.39, 0.29) is 0 Å². The molecule has 8 heteroatoms. The topological polar surface area (TPSA) is 69.2 Å². The SMILES string of the molecule is CCN(CC)c1ccc(/C=C2/CCC(C=NNC(=O)Nc3cccc(Cl)c3)=C2N2CCOCC2)cc1. The Balaban J connectivity index is 1.50. The van der Waals surface area contributed by atoms with Gasteiger partial charge in [-0.05, 0) is 79.8 Å². The first-order valence-corrected chi connectivity index (χ1v) is 12.9. The number of ether oxygens (including phenoxy) is 1. The minimum atomic E-state index is -0.413. The highest BCUT2D eigenvalue weighted by atomic mass is 35.5. The number of allylic oxidation sites excluding steroid dienone is 2. The van der Waals surface area contributed by atoms with Gasteiger partial charge < -0.3 is 19.9 Å². The van der Waals surface area contributed by atoms with Crippen LogP contribution >= 0.6 is 11.6 Å². The van der Waals surface area contributed by atoms with Gasteiger partial charge in [-0.3, -0.25) is 0 Å². The second-order valence-electron chi connectivity index (χ2n) is 8.74. The third-order valence-electron chi connectivity index (χ3n) is 6.43. The first-order chi connectivity index (χ1) is 17.6. The Bertz CT molecular complexity index is 1130. The minimum absolute atomic E-state index is 0.413. The van der Waals surface area contributed by atoms with Crippen LogP contribution < -0.4 is 15.6 Å². The van der Waals surface area contributed by atoms with Crippen molar-refractivity contribution < 1.29 is 9.53 Å². The van der Waals surface area contributed by atoms with Crippen LogP contribution in [0.25, 0.3) is 6.08 Å². The molecule has 190 valence electrons. The maximum Gasteiger partial charge on any atom is 0.339 e. The van der Waals surface area contributed by atoms with Crippen molar-refractivity contribution in [2.24, 2.45) is 5.10 Å². The van der Waals surface area contributed by atoms with E-state index in [1.54, 1.807) is 30.5 Å². The van der Waals surface area contributed by atoms with Gasteiger partial charge in [-0.25, -0.2) is 10.2 Å². The summed E-state index contributed by atoms with van der Waals surface area (Å²) in [7, 11) is 0. The van der Waals surface area contributed by atoms with E-state index in [1.165, 1.54) is 22.5 Å². The quantitative estimate of drug-likeness (QED) is 0.352. The second-order valence-corrected chi connectivity index (χ2v) is 9.18. The number of carbonyl (C=O) groups is 1. The molecule has 1 heterocycles. The maximum atomic E-state index is 12.3. The molecule has 1 saturated heterocycles. The zero-order valence-electron chi connectivity index (χ0n) is 21.0. The molecule has 2 N–H and O–H groups in total. The number of halogens is 1. The van der Waals surface area contributed by atoms with E-state index in [9.17, 15) is 4.79 Å². The Hall–Kier alpha value is -3.29. The summed E-state index contributed by atoms with van der Waals surface area (Å²) < 4.78 is 5.59. The number of urea groups is 1. The highest BCUT2D eigenvalue weighted by Crippen LogP contribution is 2.35. The number of rotatable bonds is 8. The summed E-state index contributed by atoms with van der Waals surface area (Å²) in [4.78, 5) is 17.0. The summed E-state index contributed by atoms with van der Waals surface area (Å²) in [5.41, 5.74) is 9.21. The van der Waals surface area contributed by atoms with E-state index in [1.807, 2.05) is 0 Å². The Labute approximate surface area is 218 Å². The zero-order valence-corrected chi connectivity index (χ0v) is 21.7. The summed E-state index contributed by atoms with van der Waals surface area (Å²) in [6.45, 7) is 9.44. The van der Waals surface area contributed by atoms with Crippen molar-refractivity contribution >= 4 is 41.3 Å². The van der Waals surface area contributed by atoms with Gasteiger partial charge in [-0.15, -0.1) is 0 Å². The molecule has 7 nitrogen and oxygen atoms in total. The molecular weight excluding hydrogens is 474 g/mol. The molecule has 1 fully saturated rings. The first kappa shape index (κ1) is 25.8. The lowest BCUT2D eigenvalue weighted by atomic mass is 10.1. The molecule has 0 saturated carbocycles.